The van der Waals surface area contributed by atoms with Gasteiger partial charge in [0.2, 0.25) is 0 Å². The van der Waals surface area contributed by atoms with Crippen LogP contribution in [0, 0.1) is 6.92 Å². The van der Waals surface area contributed by atoms with Gasteiger partial charge in [-0.25, -0.2) is 4.98 Å². The third-order valence-corrected chi connectivity index (χ3v) is 4.30. The first-order valence-corrected chi connectivity index (χ1v) is 6.70. The Morgan fingerprint density at radius 1 is 1.53 bits per heavy atom. The second kappa shape index (κ2) is 4.15. The van der Waals surface area contributed by atoms with Gasteiger partial charge in [-0.3, -0.25) is 4.99 Å². The maximum Gasteiger partial charge on any atom is 0.154 e. The molecule has 6 heteroatoms. The van der Waals surface area contributed by atoms with Gasteiger partial charge in [0.1, 0.15) is 0 Å². The summed E-state index contributed by atoms with van der Waals surface area (Å²) in [7, 11) is 0. The Morgan fingerprint density at radius 3 is 2.65 bits per heavy atom. The Balaban J connectivity index is 0.00000108. The average molecular weight is 364 g/mol. The number of thioether (sulfide) groups is 1. The summed E-state index contributed by atoms with van der Waals surface area (Å²) in [5, 5.41) is 0.718. The van der Waals surface area contributed by atoms with Crippen molar-refractivity contribution in [3.05, 3.63) is 18.2 Å². The van der Waals surface area contributed by atoms with Crippen LogP contribution in [0.2, 0.25) is 0 Å². The van der Waals surface area contributed by atoms with Gasteiger partial charge in [0.25, 0.3) is 0 Å². The SMILES string of the molecule is CSC(N)=NC12CC(n3cnc(C)c3)(C1)C2.I. The summed E-state index contributed by atoms with van der Waals surface area (Å²) in [5.74, 6) is 0. The maximum atomic E-state index is 5.77. The van der Waals surface area contributed by atoms with Crippen LogP contribution in [0.15, 0.2) is 17.5 Å². The molecule has 0 saturated heterocycles. The monoisotopic (exact) mass is 364 g/mol. The molecule has 1 aromatic rings. The summed E-state index contributed by atoms with van der Waals surface area (Å²) in [6.07, 6.45) is 9.41. The molecule has 2 bridgehead atoms. The number of aliphatic imine (C=N–C) groups is 1. The van der Waals surface area contributed by atoms with Crippen LogP contribution in [0.1, 0.15) is 25.0 Å². The van der Waals surface area contributed by atoms with Crippen LogP contribution in [-0.2, 0) is 5.54 Å². The minimum Gasteiger partial charge on any atom is -0.379 e. The summed E-state index contributed by atoms with van der Waals surface area (Å²) in [6.45, 7) is 2.03. The lowest BCUT2D eigenvalue weighted by atomic mass is 9.44. The van der Waals surface area contributed by atoms with Crippen LogP contribution < -0.4 is 5.73 Å². The zero-order valence-corrected chi connectivity index (χ0v) is 13.2. The smallest absolute Gasteiger partial charge is 0.154 e. The molecule has 94 valence electrons. The zero-order chi connectivity index (χ0) is 11.4. The van der Waals surface area contributed by atoms with Crippen LogP contribution in [0.25, 0.3) is 0 Å². The lowest BCUT2D eigenvalue weighted by molar-refractivity contribution is -0.112. The standard InChI is InChI=1S/C11H16N4S.HI/c1-8-3-15(7-13-8)11-4-10(5-11,6-11)14-9(12)16-2;/h3,7H,4-6H2,1-2H3,(H2,12,14);1H. The molecule has 1 heterocycles. The molecule has 0 amide bonds. The van der Waals surface area contributed by atoms with E-state index in [9.17, 15) is 0 Å². The molecular weight excluding hydrogens is 347 g/mol. The third kappa shape index (κ3) is 1.89. The van der Waals surface area contributed by atoms with Gasteiger partial charge in [-0.2, -0.15) is 0 Å². The Kier molecular flexibility index (Phi) is 3.22. The first kappa shape index (κ1) is 13.2. The summed E-state index contributed by atoms with van der Waals surface area (Å²) in [4.78, 5) is 8.89. The molecule has 0 spiro atoms. The van der Waals surface area contributed by atoms with E-state index in [2.05, 4.69) is 20.7 Å². The molecular formula is C11H17IN4S. The van der Waals surface area contributed by atoms with E-state index >= 15 is 0 Å². The third-order valence-electron chi connectivity index (χ3n) is 3.79. The molecule has 0 unspecified atom stereocenters. The van der Waals surface area contributed by atoms with E-state index in [1.165, 1.54) is 11.8 Å². The van der Waals surface area contributed by atoms with Crippen LogP contribution in [-0.4, -0.2) is 26.5 Å². The van der Waals surface area contributed by atoms with Crippen LogP contribution in [0.3, 0.4) is 0 Å². The Bertz CT molecular complexity index is 448. The topological polar surface area (TPSA) is 56.2 Å². The lowest BCUT2D eigenvalue weighted by Crippen LogP contribution is -2.71. The van der Waals surface area contributed by atoms with Crippen molar-refractivity contribution in [2.45, 2.75) is 37.3 Å². The summed E-state index contributed by atoms with van der Waals surface area (Å²) < 4.78 is 2.26. The molecule has 17 heavy (non-hydrogen) atoms. The molecule has 4 nitrogen and oxygen atoms in total. The molecule has 0 aliphatic heterocycles. The summed E-state index contributed by atoms with van der Waals surface area (Å²) in [6, 6.07) is 0. The van der Waals surface area contributed by atoms with E-state index in [4.69, 9.17) is 5.73 Å². The van der Waals surface area contributed by atoms with E-state index in [0.29, 0.717) is 5.54 Å². The van der Waals surface area contributed by atoms with Crippen molar-refractivity contribution in [1.29, 1.82) is 0 Å². The Morgan fingerprint density at radius 2 is 2.18 bits per heavy atom. The Labute approximate surface area is 122 Å². The number of aryl methyl sites for hydroxylation is 1. The second-order valence-corrected chi connectivity index (χ2v) is 5.88. The first-order valence-electron chi connectivity index (χ1n) is 5.48. The van der Waals surface area contributed by atoms with Crippen LogP contribution >= 0.6 is 35.7 Å². The van der Waals surface area contributed by atoms with Gasteiger partial charge in [0, 0.05) is 6.20 Å². The van der Waals surface area contributed by atoms with Gasteiger partial charge in [-0.05, 0) is 32.4 Å². The van der Waals surface area contributed by atoms with Gasteiger partial charge in [-0.1, -0.05) is 11.8 Å². The number of nitrogens with two attached hydrogens (primary N) is 1. The van der Waals surface area contributed by atoms with Crippen LogP contribution in [0.5, 0.6) is 0 Å². The molecule has 3 fully saturated rings. The fourth-order valence-corrected chi connectivity index (χ4v) is 3.32. The number of hydrogen-bond donors (Lipinski definition) is 1. The second-order valence-electron chi connectivity index (χ2n) is 5.06. The number of imidazole rings is 1. The summed E-state index contributed by atoms with van der Waals surface area (Å²) >= 11 is 1.53. The average Bonchev–Trinajstić information content (AvgIpc) is 2.55. The minimum absolute atomic E-state index is 0. The predicted octanol–water partition coefficient (Wildman–Crippen LogP) is 2.12. The quantitative estimate of drug-likeness (QED) is 0.497. The fourth-order valence-electron chi connectivity index (χ4n) is 3.03. The van der Waals surface area contributed by atoms with Gasteiger partial charge in [0.05, 0.1) is 23.1 Å². The highest BCUT2D eigenvalue weighted by molar-refractivity contribution is 14.0. The van der Waals surface area contributed by atoms with Gasteiger partial charge in [0.15, 0.2) is 5.17 Å². The van der Waals surface area contributed by atoms with Crippen molar-refractivity contribution in [2.24, 2.45) is 10.7 Å². The number of nitrogens with zero attached hydrogens (tertiary/aromatic N) is 3. The van der Waals surface area contributed by atoms with Gasteiger partial charge in [-0.15, -0.1) is 24.0 Å². The molecule has 0 radical (unpaired) electrons. The van der Waals surface area contributed by atoms with Crippen molar-refractivity contribution in [2.75, 3.05) is 6.26 Å². The molecule has 2 N–H and O–H groups in total. The van der Waals surface area contributed by atoms with Crippen molar-refractivity contribution < 1.29 is 0 Å². The van der Waals surface area contributed by atoms with E-state index in [-0.39, 0.29) is 29.5 Å². The van der Waals surface area contributed by atoms with Gasteiger partial charge < -0.3 is 10.3 Å². The van der Waals surface area contributed by atoms with Crippen molar-refractivity contribution in [3.8, 4) is 0 Å². The molecule has 3 aliphatic rings. The van der Waals surface area contributed by atoms with E-state index in [0.717, 1.165) is 30.1 Å². The lowest BCUT2D eigenvalue weighted by Gasteiger charge is -2.68. The van der Waals surface area contributed by atoms with E-state index < -0.39 is 0 Å². The molecule has 0 atom stereocenters. The highest BCUT2D eigenvalue weighted by Crippen LogP contribution is 2.67. The van der Waals surface area contributed by atoms with Crippen LogP contribution in [0.4, 0.5) is 0 Å². The highest BCUT2D eigenvalue weighted by Gasteiger charge is 2.69. The first-order chi connectivity index (χ1) is 7.57. The molecule has 3 saturated carbocycles. The number of rotatable bonds is 2. The van der Waals surface area contributed by atoms with Gasteiger partial charge >= 0.3 is 0 Å². The van der Waals surface area contributed by atoms with E-state index in [1.54, 1.807) is 0 Å². The molecule has 0 aromatic carbocycles. The largest absolute Gasteiger partial charge is 0.379 e. The predicted molar refractivity (Wildman–Crippen MR) is 82.1 cm³/mol. The number of hydrogen-bond acceptors (Lipinski definition) is 3. The minimum atomic E-state index is 0. The van der Waals surface area contributed by atoms with Crippen molar-refractivity contribution in [3.63, 3.8) is 0 Å². The number of amidine groups is 1. The fraction of sp³-hybridized carbons (Fsp3) is 0.636. The Hall–Kier alpha value is -0.240. The van der Waals surface area contributed by atoms with Crippen molar-refractivity contribution in [1.82, 2.24) is 9.55 Å². The number of aromatic nitrogens is 2. The van der Waals surface area contributed by atoms with Crippen molar-refractivity contribution >= 4 is 40.9 Å². The normalized spacial score (nSPS) is 34.6. The molecule has 4 rings (SSSR count). The highest BCUT2D eigenvalue weighted by atomic mass is 127. The molecule has 3 aliphatic carbocycles. The summed E-state index contributed by atoms with van der Waals surface area (Å²) in [5.41, 5.74) is 7.33. The zero-order valence-electron chi connectivity index (χ0n) is 10.0. The maximum absolute atomic E-state index is 5.77. The number of halogens is 1. The molecule has 1 aromatic heterocycles. The van der Waals surface area contributed by atoms with E-state index in [1.807, 2.05) is 19.5 Å².